The van der Waals surface area contributed by atoms with E-state index < -0.39 is 11.2 Å². The fraction of sp³-hybridized carbons (Fsp3) is 0.762. The lowest BCUT2D eigenvalue weighted by molar-refractivity contribution is 0.309. The van der Waals surface area contributed by atoms with Crippen molar-refractivity contribution < 1.29 is 0 Å². The molecule has 1 fully saturated rings. The Morgan fingerprint density at radius 1 is 1.21 bits per heavy atom. The quantitative estimate of drug-likeness (QED) is 0.416. The van der Waals surface area contributed by atoms with Crippen molar-refractivity contribution in [1.82, 2.24) is 14.9 Å². The highest BCUT2D eigenvalue weighted by molar-refractivity contribution is 7.80. The van der Waals surface area contributed by atoms with E-state index in [1.807, 2.05) is 4.90 Å². The van der Waals surface area contributed by atoms with Crippen molar-refractivity contribution in [1.29, 1.82) is 0 Å². The molecule has 29 heavy (non-hydrogen) atoms. The van der Waals surface area contributed by atoms with Crippen molar-refractivity contribution in [2.45, 2.75) is 91.1 Å². The van der Waals surface area contributed by atoms with Crippen molar-refractivity contribution in [3.8, 4) is 0 Å². The highest BCUT2D eigenvalue weighted by atomic mass is 32.1. The number of hydrogen-bond acceptors (Lipinski definition) is 4. The minimum Gasteiger partial charge on any atom is -0.383 e. The van der Waals surface area contributed by atoms with Crippen molar-refractivity contribution in [2.75, 3.05) is 17.2 Å². The van der Waals surface area contributed by atoms with Gasteiger partial charge in [0, 0.05) is 19.1 Å². The number of nitrogens with zero attached hydrogens (tertiary/aromatic N) is 2. The Bertz CT molecular complexity index is 788. The van der Waals surface area contributed by atoms with Crippen LogP contribution < -0.4 is 27.2 Å². The number of aromatic amines is 1. The standard InChI is InChI=1S/C21H37N5O2S/c1-4-6-10-14-25(21(29)23-16-12-9-8-11-15(16)3)17-18(22)26(13-7-5-2)20(28)24-19(17)27/h15-16H,4-14,22H2,1-3H3,(H,23,29)(H,24,27,28)/t15-,16+/m0/s1. The minimum absolute atomic E-state index is 0.199. The summed E-state index contributed by atoms with van der Waals surface area (Å²) in [7, 11) is 0. The molecule has 8 heteroatoms. The zero-order valence-corrected chi connectivity index (χ0v) is 18.9. The highest BCUT2D eigenvalue weighted by Gasteiger charge is 2.26. The van der Waals surface area contributed by atoms with Gasteiger partial charge in [0.05, 0.1) is 0 Å². The van der Waals surface area contributed by atoms with E-state index >= 15 is 0 Å². The molecule has 2 atom stereocenters. The van der Waals surface area contributed by atoms with Gasteiger partial charge in [0.15, 0.2) is 10.8 Å². The molecule has 164 valence electrons. The molecule has 0 radical (unpaired) electrons. The lowest BCUT2D eigenvalue weighted by Gasteiger charge is -2.34. The second kappa shape index (κ2) is 11.4. The summed E-state index contributed by atoms with van der Waals surface area (Å²) in [4.78, 5) is 29.3. The van der Waals surface area contributed by atoms with E-state index in [0.717, 1.165) is 38.5 Å². The zero-order valence-electron chi connectivity index (χ0n) is 18.1. The SMILES string of the molecule is CCCCCN(C(=S)N[C@@H]1CCCC[C@@H]1C)c1c(N)n(CCCC)c(=O)[nH]c1=O. The number of aromatic nitrogens is 2. The van der Waals surface area contributed by atoms with Crippen LogP contribution in [0, 0.1) is 5.92 Å². The van der Waals surface area contributed by atoms with E-state index in [0.29, 0.717) is 30.2 Å². The summed E-state index contributed by atoms with van der Waals surface area (Å²) < 4.78 is 1.46. The molecule has 2 rings (SSSR count). The van der Waals surface area contributed by atoms with E-state index in [2.05, 4.69) is 31.1 Å². The van der Waals surface area contributed by atoms with Crippen LogP contribution in [0.15, 0.2) is 9.59 Å². The predicted molar refractivity (Wildman–Crippen MR) is 125 cm³/mol. The van der Waals surface area contributed by atoms with Crippen molar-refractivity contribution >= 4 is 28.8 Å². The average Bonchev–Trinajstić information content (AvgIpc) is 2.68. The molecular formula is C21H37N5O2S. The van der Waals surface area contributed by atoms with Crippen LogP contribution >= 0.6 is 12.2 Å². The van der Waals surface area contributed by atoms with Gasteiger partial charge in [0.25, 0.3) is 5.56 Å². The molecule has 0 saturated heterocycles. The maximum Gasteiger partial charge on any atom is 0.330 e. The van der Waals surface area contributed by atoms with Crippen LogP contribution in [0.3, 0.4) is 0 Å². The number of nitrogen functional groups attached to an aromatic ring is 1. The molecule has 0 aromatic carbocycles. The summed E-state index contributed by atoms with van der Waals surface area (Å²) in [6, 6.07) is 0.302. The lowest BCUT2D eigenvalue weighted by atomic mass is 9.86. The summed E-state index contributed by atoms with van der Waals surface area (Å²) in [5, 5.41) is 4.01. The Balaban J connectivity index is 2.36. The Kier molecular flexibility index (Phi) is 9.20. The average molecular weight is 424 g/mol. The number of thiocarbonyl (C=S) groups is 1. The molecule has 0 amide bonds. The van der Waals surface area contributed by atoms with Gasteiger partial charge in [-0.2, -0.15) is 0 Å². The molecule has 4 N–H and O–H groups in total. The summed E-state index contributed by atoms with van der Waals surface area (Å²) >= 11 is 5.74. The fourth-order valence-corrected chi connectivity index (χ4v) is 4.31. The number of H-pyrrole nitrogens is 1. The second-order valence-electron chi connectivity index (χ2n) is 8.17. The smallest absolute Gasteiger partial charge is 0.330 e. The van der Waals surface area contributed by atoms with Crippen LogP contribution in [0.2, 0.25) is 0 Å². The molecule has 1 aliphatic carbocycles. The molecule has 0 bridgehead atoms. The van der Waals surface area contributed by atoms with Crippen LogP contribution in [0.1, 0.15) is 78.6 Å². The number of anilines is 2. The van der Waals surface area contributed by atoms with Gasteiger partial charge in [-0.3, -0.25) is 14.3 Å². The number of hydrogen-bond donors (Lipinski definition) is 3. The van der Waals surface area contributed by atoms with Gasteiger partial charge in [-0.1, -0.05) is 52.9 Å². The number of nitrogens with two attached hydrogens (primary N) is 1. The van der Waals surface area contributed by atoms with E-state index in [-0.39, 0.29) is 11.5 Å². The Morgan fingerprint density at radius 2 is 1.90 bits per heavy atom. The largest absolute Gasteiger partial charge is 0.383 e. The van der Waals surface area contributed by atoms with Crippen molar-refractivity contribution in [3.05, 3.63) is 20.8 Å². The molecule has 1 aliphatic rings. The molecule has 1 saturated carbocycles. The molecule has 0 aliphatic heterocycles. The van der Waals surface area contributed by atoms with Crippen molar-refractivity contribution in [3.63, 3.8) is 0 Å². The molecule has 1 aromatic heterocycles. The van der Waals surface area contributed by atoms with Gasteiger partial charge in [-0.05, 0) is 43.8 Å². The molecule has 1 aromatic rings. The second-order valence-corrected chi connectivity index (χ2v) is 8.56. The van der Waals surface area contributed by atoms with Crippen LogP contribution in [0.4, 0.5) is 11.5 Å². The van der Waals surface area contributed by atoms with Crippen LogP contribution in [-0.4, -0.2) is 27.3 Å². The van der Waals surface area contributed by atoms with Crippen molar-refractivity contribution in [2.24, 2.45) is 5.92 Å². The first-order chi connectivity index (χ1) is 13.9. The normalized spacial score (nSPS) is 19.1. The lowest BCUT2D eigenvalue weighted by Crippen LogP contribution is -2.50. The van der Waals surface area contributed by atoms with E-state index in [9.17, 15) is 9.59 Å². The first-order valence-corrected chi connectivity index (χ1v) is 11.5. The Labute approximate surface area is 179 Å². The van der Waals surface area contributed by atoms with Gasteiger partial charge in [-0.25, -0.2) is 4.79 Å². The number of unbranched alkanes of at least 4 members (excludes halogenated alkanes) is 3. The Hall–Kier alpha value is -1.83. The van der Waals surface area contributed by atoms with Crippen LogP contribution in [0.25, 0.3) is 0 Å². The predicted octanol–water partition coefficient (Wildman–Crippen LogP) is 3.37. The minimum atomic E-state index is -0.474. The van der Waals surface area contributed by atoms with Gasteiger partial charge in [-0.15, -0.1) is 0 Å². The molecule has 7 nitrogen and oxygen atoms in total. The first-order valence-electron chi connectivity index (χ1n) is 11.1. The highest BCUT2D eigenvalue weighted by Crippen LogP contribution is 2.25. The Morgan fingerprint density at radius 3 is 2.55 bits per heavy atom. The summed E-state index contributed by atoms with van der Waals surface area (Å²) in [6.07, 6.45) is 9.43. The maximum atomic E-state index is 12.7. The molecule has 1 heterocycles. The third-order valence-corrected chi connectivity index (χ3v) is 6.21. The maximum absolute atomic E-state index is 12.7. The van der Waals surface area contributed by atoms with Gasteiger partial charge in [0.2, 0.25) is 0 Å². The summed E-state index contributed by atoms with van der Waals surface area (Å²) in [5.74, 6) is 0.734. The van der Waals surface area contributed by atoms with Crippen LogP contribution in [0.5, 0.6) is 0 Å². The zero-order chi connectivity index (χ0) is 21.4. The topological polar surface area (TPSA) is 96.2 Å². The van der Waals surface area contributed by atoms with Gasteiger partial charge >= 0.3 is 5.69 Å². The van der Waals surface area contributed by atoms with Gasteiger partial charge < -0.3 is 16.0 Å². The van der Waals surface area contributed by atoms with Gasteiger partial charge in [0.1, 0.15) is 5.82 Å². The van der Waals surface area contributed by atoms with E-state index in [1.165, 1.54) is 23.8 Å². The summed E-state index contributed by atoms with van der Waals surface area (Å²) in [6.45, 7) is 7.51. The summed E-state index contributed by atoms with van der Waals surface area (Å²) in [5.41, 5.74) is 5.70. The monoisotopic (exact) mass is 423 g/mol. The molecule has 0 spiro atoms. The fourth-order valence-electron chi connectivity index (χ4n) is 3.98. The third kappa shape index (κ3) is 6.07. The van der Waals surface area contributed by atoms with E-state index in [1.54, 1.807) is 0 Å². The third-order valence-electron chi connectivity index (χ3n) is 5.87. The van der Waals surface area contributed by atoms with Crippen LogP contribution in [-0.2, 0) is 6.54 Å². The molecule has 0 unspecified atom stereocenters. The number of nitrogens with one attached hydrogen (secondary N) is 2. The molecular weight excluding hydrogens is 386 g/mol. The first kappa shape index (κ1) is 23.4. The van der Waals surface area contributed by atoms with E-state index in [4.69, 9.17) is 18.0 Å². The number of rotatable bonds is 9.